The van der Waals surface area contributed by atoms with Gasteiger partial charge >= 0.3 is 5.63 Å². The van der Waals surface area contributed by atoms with Gasteiger partial charge in [-0.25, -0.2) is 9.78 Å². The minimum atomic E-state index is -0.670. The highest BCUT2D eigenvalue weighted by Gasteiger charge is 2.24. The van der Waals surface area contributed by atoms with E-state index in [0.29, 0.717) is 29.4 Å². The predicted molar refractivity (Wildman–Crippen MR) is 84.2 cm³/mol. The smallest absolute Gasteiger partial charge is 0.349 e. The van der Waals surface area contributed by atoms with Crippen molar-refractivity contribution in [2.45, 2.75) is 25.9 Å². The summed E-state index contributed by atoms with van der Waals surface area (Å²) in [5, 5.41) is 2.61. The molecule has 1 aliphatic heterocycles. The van der Waals surface area contributed by atoms with Crippen LogP contribution in [0, 0.1) is 6.92 Å². The second-order valence-electron chi connectivity index (χ2n) is 5.42. The third kappa shape index (κ3) is 3.24. The predicted octanol–water partition coefficient (Wildman–Crippen LogP) is 2.03. The molecule has 0 spiro atoms. The number of amides is 1. The van der Waals surface area contributed by atoms with Gasteiger partial charge in [0.25, 0.3) is 5.91 Å². The van der Waals surface area contributed by atoms with Crippen molar-refractivity contribution in [1.82, 2.24) is 4.98 Å². The van der Waals surface area contributed by atoms with Crippen LogP contribution in [0.3, 0.4) is 0 Å². The molecule has 0 aromatic carbocycles. The molecule has 7 heteroatoms. The van der Waals surface area contributed by atoms with Crippen LogP contribution in [0.15, 0.2) is 33.6 Å². The largest absolute Gasteiger partial charge is 0.424 e. The van der Waals surface area contributed by atoms with Crippen LogP contribution in [-0.2, 0) is 4.74 Å². The first-order chi connectivity index (χ1) is 11.0. The van der Waals surface area contributed by atoms with E-state index in [1.807, 2.05) is 0 Å². The lowest BCUT2D eigenvalue weighted by Crippen LogP contribution is -2.23. The lowest BCUT2D eigenvalue weighted by Gasteiger charge is -2.11. The van der Waals surface area contributed by atoms with Gasteiger partial charge in [-0.05, 0) is 43.5 Å². The van der Waals surface area contributed by atoms with Gasteiger partial charge in [0.15, 0.2) is 0 Å². The van der Waals surface area contributed by atoms with E-state index in [9.17, 15) is 9.59 Å². The van der Waals surface area contributed by atoms with E-state index in [1.165, 1.54) is 6.20 Å². The fourth-order valence-electron chi connectivity index (χ4n) is 2.54. The van der Waals surface area contributed by atoms with Gasteiger partial charge in [-0.15, -0.1) is 0 Å². The van der Waals surface area contributed by atoms with Gasteiger partial charge in [0, 0.05) is 6.61 Å². The maximum Gasteiger partial charge on any atom is 0.349 e. The van der Waals surface area contributed by atoms with Gasteiger partial charge < -0.3 is 20.2 Å². The van der Waals surface area contributed by atoms with E-state index in [-0.39, 0.29) is 11.7 Å². The molecule has 1 fully saturated rings. The maximum atomic E-state index is 12.3. The van der Waals surface area contributed by atoms with Crippen molar-refractivity contribution in [1.29, 1.82) is 0 Å². The van der Waals surface area contributed by atoms with Crippen LogP contribution in [0.5, 0.6) is 0 Å². The summed E-state index contributed by atoms with van der Waals surface area (Å²) in [6.07, 6.45) is 2.95. The Morgan fingerprint density at radius 3 is 2.87 bits per heavy atom. The summed E-state index contributed by atoms with van der Waals surface area (Å²) in [6, 6.07) is 4.86. The molecule has 2 aromatic heterocycles. The van der Waals surface area contributed by atoms with Crippen molar-refractivity contribution >= 4 is 17.4 Å². The molecule has 3 rings (SSSR count). The summed E-state index contributed by atoms with van der Waals surface area (Å²) in [5.74, 6) is 0.275. The van der Waals surface area contributed by atoms with E-state index < -0.39 is 11.5 Å². The van der Waals surface area contributed by atoms with Crippen LogP contribution in [0.4, 0.5) is 11.5 Å². The van der Waals surface area contributed by atoms with Crippen LogP contribution in [0.1, 0.15) is 40.6 Å². The first-order valence-electron chi connectivity index (χ1n) is 7.33. The Hall–Kier alpha value is -2.67. The summed E-state index contributed by atoms with van der Waals surface area (Å²) < 4.78 is 10.8. The number of carbonyl (C=O) groups is 1. The standard InChI is InChI=1S/C16H17N3O4/c1-9-7-12(11-3-2-6-22-11)23-16(21)14(9)15(20)19-10-4-5-13(17)18-8-10/h4-5,7-8,11H,2-3,6H2,1H3,(H2,17,18)(H,19,20). The lowest BCUT2D eigenvalue weighted by molar-refractivity contribution is 0.0895. The highest BCUT2D eigenvalue weighted by molar-refractivity contribution is 6.04. The zero-order valence-corrected chi connectivity index (χ0v) is 12.7. The van der Waals surface area contributed by atoms with E-state index in [1.54, 1.807) is 25.1 Å². The van der Waals surface area contributed by atoms with E-state index in [2.05, 4.69) is 10.3 Å². The number of rotatable bonds is 3. The summed E-state index contributed by atoms with van der Waals surface area (Å²) in [7, 11) is 0. The van der Waals surface area contributed by atoms with Crippen LogP contribution in [-0.4, -0.2) is 17.5 Å². The maximum absolute atomic E-state index is 12.3. The number of pyridine rings is 1. The molecule has 7 nitrogen and oxygen atoms in total. The fourth-order valence-corrected chi connectivity index (χ4v) is 2.54. The second kappa shape index (κ2) is 6.21. The Morgan fingerprint density at radius 2 is 2.26 bits per heavy atom. The number of hydrogen-bond acceptors (Lipinski definition) is 6. The molecular weight excluding hydrogens is 298 g/mol. The molecule has 23 heavy (non-hydrogen) atoms. The molecule has 0 aliphatic carbocycles. The minimum Gasteiger partial charge on any atom is -0.424 e. The topological polar surface area (TPSA) is 107 Å². The molecule has 2 aromatic rings. The fraction of sp³-hybridized carbons (Fsp3) is 0.312. The van der Waals surface area contributed by atoms with Crippen molar-refractivity contribution in [3.8, 4) is 0 Å². The van der Waals surface area contributed by atoms with Crippen LogP contribution in [0.2, 0.25) is 0 Å². The Morgan fingerprint density at radius 1 is 1.43 bits per heavy atom. The SMILES string of the molecule is Cc1cc(C2CCCO2)oc(=O)c1C(=O)Nc1ccc(N)nc1. The van der Waals surface area contributed by atoms with Crippen LogP contribution in [0.25, 0.3) is 0 Å². The molecule has 0 bridgehead atoms. The third-order valence-electron chi connectivity index (χ3n) is 3.69. The van der Waals surface area contributed by atoms with Gasteiger partial charge in [-0.2, -0.15) is 0 Å². The summed E-state index contributed by atoms with van der Waals surface area (Å²) >= 11 is 0. The quantitative estimate of drug-likeness (QED) is 0.897. The van der Waals surface area contributed by atoms with Crippen LogP contribution >= 0.6 is 0 Å². The molecule has 1 saturated heterocycles. The Kier molecular flexibility index (Phi) is 4.12. The number of ether oxygens (including phenoxy) is 1. The molecule has 1 unspecified atom stereocenters. The number of hydrogen-bond donors (Lipinski definition) is 2. The lowest BCUT2D eigenvalue weighted by atomic mass is 10.1. The zero-order valence-electron chi connectivity index (χ0n) is 12.7. The average molecular weight is 315 g/mol. The molecule has 3 N–H and O–H groups in total. The molecule has 0 radical (unpaired) electrons. The second-order valence-corrected chi connectivity index (χ2v) is 5.42. The molecule has 1 atom stereocenters. The molecule has 1 aliphatic rings. The normalized spacial score (nSPS) is 17.2. The Labute approximate surface area is 132 Å². The molecular formula is C16H17N3O4. The van der Waals surface area contributed by atoms with E-state index in [0.717, 1.165) is 12.8 Å². The molecule has 120 valence electrons. The molecule has 0 saturated carbocycles. The number of carbonyl (C=O) groups excluding carboxylic acids is 1. The van der Waals surface area contributed by atoms with E-state index in [4.69, 9.17) is 14.9 Å². The van der Waals surface area contributed by atoms with E-state index >= 15 is 0 Å². The average Bonchev–Trinajstić information content (AvgIpc) is 3.03. The van der Waals surface area contributed by atoms with Gasteiger partial charge in [0.2, 0.25) is 0 Å². The van der Waals surface area contributed by atoms with Crippen molar-refractivity contribution in [2.24, 2.45) is 0 Å². The Balaban J connectivity index is 1.85. The third-order valence-corrected chi connectivity index (χ3v) is 3.69. The molecule has 1 amide bonds. The molecule has 3 heterocycles. The monoisotopic (exact) mass is 315 g/mol. The first-order valence-corrected chi connectivity index (χ1v) is 7.33. The number of aromatic nitrogens is 1. The number of aryl methyl sites for hydroxylation is 1. The number of nitrogens with two attached hydrogens (primary N) is 1. The first kappa shape index (κ1) is 15.2. The number of nitrogens with one attached hydrogen (secondary N) is 1. The van der Waals surface area contributed by atoms with Gasteiger partial charge in [0.1, 0.15) is 23.2 Å². The van der Waals surface area contributed by atoms with Crippen molar-refractivity contribution < 1.29 is 13.9 Å². The number of nitrogens with zero attached hydrogens (tertiary/aromatic N) is 1. The zero-order chi connectivity index (χ0) is 16.4. The highest BCUT2D eigenvalue weighted by Crippen LogP contribution is 2.28. The summed E-state index contributed by atoms with van der Waals surface area (Å²) in [5.41, 5.74) is 5.80. The number of anilines is 2. The summed E-state index contributed by atoms with van der Waals surface area (Å²) in [4.78, 5) is 28.4. The van der Waals surface area contributed by atoms with Gasteiger partial charge in [-0.1, -0.05) is 0 Å². The summed E-state index contributed by atoms with van der Waals surface area (Å²) in [6.45, 7) is 2.35. The van der Waals surface area contributed by atoms with Crippen molar-refractivity contribution in [3.63, 3.8) is 0 Å². The van der Waals surface area contributed by atoms with Gasteiger partial charge in [-0.3, -0.25) is 4.79 Å². The number of nitrogen functional groups attached to an aromatic ring is 1. The highest BCUT2D eigenvalue weighted by atomic mass is 16.5. The van der Waals surface area contributed by atoms with Crippen molar-refractivity contribution in [3.05, 3.63) is 51.7 Å². The minimum absolute atomic E-state index is 0.0245. The Bertz CT molecular complexity index is 777. The van der Waals surface area contributed by atoms with Crippen molar-refractivity contribution in [2.75, 3.05) is 17.7 Å². The van der Waals surface area contributed by atoms with Gasteiger partial charge in [0.05, 0.1) is 11.9 Å². The van der Waals surface area contributed by atoms with Crippen LogP contribution < -0.4 is 16.7 Å².